The number of carbonyl (C=O) groups is 1. The Hall–Kier alpha value is -1.26. The lowest BCUT2D eigenvalue weighted by molar-refractivity contribution is -0.213. The number of aliphatic hydroxyl groups is 1. The summed E-state index contributed by atoms with van der Waals surface area (Å²) in [7, 11) is 0. The molecule has 0 aromatic rings. The van der Waals surface area contributed by atoms with Gasteiger partial charge < -0.3 is 9.84 Å². The van der Waals surface area contributed by atoms with Crippen LogP contribution in [0.15, 0.2) is 0 Å². The summed E-state index contributed by atoms with van der Waals surface area (Å²) in [5.74, 6) is 0.994. The molecule has 0 spiro atoms. The molecule has 0 aromatic carbocycles. The molecule has 1 atom stereocenters. The van der Waals surface area contributed by atoms with Crippen molar-refractivity contribution in [1.29, 1.82) is 0 Å². The van der Waals surface area contributed by atoms with Crippen LogP contribution in [0.2, 0.25) is 0 Å². The molecule has 0 fully saturated rings. The van der Waals surface area contributed by atoms with E-state index in [0.717, 1.165) is 0 Å². The molecule has 7 heteroatoms. The highest BCUT2D eigenvalue weighted by Crippen LogP contribution is 2.17. The van der Waals surface area contributed by atoms with Crippen LogP contribution in [0.5, 0.6) is 0 Å². The zero-order valence-electron chi connectivity index (χ0n) is 6.97. The quantitative estimate of drug-likeness (QED) is 0.378. The first-order valence-corrected chi connectivity index (χ1v) is 3.45. The minimum absolute atomic E-state index is 0.317. The molecule has 4 nitrogen and oxygen atoms in total. The van der Waals surface area contributed by atoms with E-state index in [2.05, 4.69) is 4.74 Å². The Balaban J connectivity index is 3.73. The first-order chi connectivity index (χ1) is 6.38. The average Bonchev–Trinajstić information content (AvgIpc) is 2.09. The van der Waals surface area contributed by atoms with Gasteiger partial charge in [0, 0.05) is 0 Å². The molecule has 1 unspecified atom stereocenters. The Morgan fingerprint density at radius 2 is 2.21 bits per heavy atom. The van der Waals surface area contributed by atoms with E-state index in [0.29, 0.717) is 0 Å². The van der Waals surface area contributed by atoms with Gasteiger partial charge in [-0.2, -0.15) is 13.2 Å². The van der Waals surface area contributed by atoms with E-state index in [4.69, 9.17) is 11.5 Å². The number of rotatable bonds is 4. The maximum Gasteiger partial charge on any atom is 0.427 e. The first-order valence-electron chi connectivity index (χ1n) is 3.45. The Bertz CT molecular complexity index is 233. The van der Waals surface area contributed by atoms with E-state index in [1.807, 2.05) is 5.92 Å². The fourth-order valence-electron chi connectivity index (χ4n) is 0.469. The molecule has 0 saturated heterocycles. The summed E-state index contributed by atoms with van der Waals surface area (Å²) in [6.45, 7) is -1.08. The molecule has 0 amide bonds. The molecule has 0 aliphatic heterocycles. The summed E-state index contributed by atoms with van der Waals surface area (Å²) in [6.07, 6.45) is -2.84. The van der Waals surface area contributed by atoms with Crippen LogP contribution >= 0.6 is 0 Å². The molecule has 14 heavy (non-hydrogen) atoms. The van der Waals surface area contributed by atoms with Gasteiger partial charge in [-0.3, -0.25) is 10.1 Å². The second kappa shape index (κ2) is 5.47. The number of aliphatic hydroxyl groups excluding tert-OH is 1. The number of alkyl halides is 3. The van der Waals surface area contributed by atoms with Crippen LogP contribution in [0.3, 0.4) is 0 Å². The van der Waals surface area contributed by atoms with Crippen molar-refractivity contribution < 1.29 is 27.8 Å². The summed E-state index contributed by atoms with van der Waals surface area (Å²) in [4.78, 5) is 10.6. The number of esters is 1. The number of carbonyl (C=O) groups excluding carboxylic acids is 1. The van der Waals surface area contributed by atoms with Crippen LogP contribution in [0, 0.1) is 12.3 Å². The van der Waals surface area contributed by atoms with Gasteiger partial charge in [0.1, 0.15) is 0 Å². The Morgan fingerprint density at radius 3 is 2.64 bits per heavy atom. The Morgan fingerprint density at radius 1 is 1.64 bits per heavy atom. The van der Waals surface area contributed by atoms with E-state index in [-0.39, 0.29) is 6.61 Å². The lowest BCUT2D eigenvalue weighted by atomic mass is 10.5. The first kappa shape index (κ1) is 12.7. The summed E-state index contributed by atoms with van der Waals surface area (Å²) in [6, 6.07) is 0. The number of hydrogen-bond donors (Lipinski definition) is 2. The topological polar surface area (TPSA) is 58.6 Å². The monoisotopic (exact) mass is 211 g/mol. The van der Waals surface area contributed by atoms with Crippen LogP contribution in [-0.2, 0) is 9.53 Å². The molecule has 0 radical (unpaired) electrons. The molecule has 0 bridgehead atoms. The van der Waals surface area contributed by atoms with E-state index < -0.39 is 24.9 Å². The molecule has 0 saturated carbocycles. The highest BCUT2D eigenvalue weighted by molar-refractivity contribution is 5.71. The van der Waals surface area contributed by atoms with Crippen LogP contribution in [0.25, 0.3) is 0 Å². The van der Waals surface area contributed by atoms with Crippen LogP contribution in [-0.4, -0.2) is 36.6 Å². The lowest BCUT2D eigenvalue weighted by Crippen LogP contribution is -2.44. The van der Waals surface area contributed by atoms with Crippen LogP contribution in [0.1, 0.15) is 0 Å². The van der Waals surface area contributed by atoms with Gasteiger partial charge in [0.05, 0.1) is 6.54 Å². The van der Waals surface area contributed by atoms with Crippen LogP contribution < -0.4 is 5.32 Å². The molecular weight excluding hydrogens is 203 g/mol. The molecule has 80 valence electrons. The van der Waals surface area contributed by atoms with Crippen LogP contribution in [0.4, 0.5) is 13.2 Å². The van der Waals surface area contributed by atoms with E-state index >= 15 is 0 Å². The van der Waals surface area contributed by atoms with Gasteiger partial charge in [0.25, 0.3) is 0 Å². The van der Waals surface area contributed by atoms with Crippen molar-refractivity contribution in [3.63, 3.8) is 0 Å². The lowest BCUT2D eigenvalue weighted by Gasteiger charge is -2.14. The predicted octanol–water partition coefficient (Wildman–Crippen LogP) is -0.367. The minimum atomic E-state index is -4.81. The van der Waals surface area contributed by atoms with Crippen molar-refractivity contribution in [2.24, 2.45) is 0 Å². The van der Waals surface area contributed by atoms with Gasteiger partial charge >= 0.3 is 12.1 Å². The van der Waals surface area contributed by atoms with E-state index in [1.165, 1.54) is 5.32 Å². The zero-order valence-corrected chi connectivity index (χ0v) is 6.97. The standard InChI is InChI=1S/C7H8F3NO3/c1-2-3-14-5(12)4-11-6(13)7(8,9)10/h1,6,11,13H,3-4H2. The number of terminal acetylenes is 1. The smallest absolute Gasteiger partial charge is 0.427 e. The van der Waals surface area contributed by atoms with Crippen molar-refractivity contribution in [1.82, 2.24) is 5.32 Å². The highest BCUT2D eigenvalue weighted by Gasteiger charge is 2.38. The van der Waals surface area contributed by atoms with E-state index in [9.17, 15) is 18.0 Å². The van der Waals surface area contributed by atoms with E-state index in [1.54, 1.807) is 0 Å². The number of halogens is 3. The summed E-state index contributed by atoms with van der Waals surface area (Å²) in [5, 5.41) is 9.89. The highest BCUT2D eigenvalue weighted by atomic mass is 19.4. The van der Waals surface area contributed by atoms with Crippen molar-refractivity contribution in [3.8, 4) is 12.3 Å². The minimum Gasteiger partial charge on any atom is -0.452 e. The number of nitrogens with one attached hydrogen (secondary N) is 1. The number of ether oxygens (including phenoxy) is 1. The van der Waals surface area contributed by atoms with Gasteiger partial charge in [-0.15, -0.1) is 6.42 Å². The molecule has 0 aromatic heterocycles. The molecule has 0 aliphatic rings. The molecule has 0 heterocycles. The third-order valence-corrected chi connectivity index (χ3v) is 1.07. The zero-order chi connectivity index (χ0) is 11.2. The molecule has 0 aliphatic carbocycles. The fraction of sp³-hybridized carbons (Fsp3) is 0.571. The van der Waals surface area contributed by atoms with Gasteiger partial charge in [-0.25, -0.2) is 0 Å². The second-order valence-electron chi connectivity index (χ2n) is 2.19. The Kier molecular flexibility index (Phi) is 4.97. The Labute approximate surface area is 78.0 Å². The normalized spacial score (nSPS) is 13.1. The largest absolute Gasteiger partial charge is 0.452 e. The van der Waals surface area contributed by atoms with Gasteiger partial charge in [0.15, 0.2) is 6.61 Å². The third-order valence-electron chi connectivity index (χ3n) is 1.07. The van der Waals surface area contributed by atoms with Crippen molar-refractivity contribution in [2.45, 2.75) is 12.4 Å². The number of hydrogen-bond acceptors (Lipinski definition) is 4. The second-order valence-corrected chi connectivity index (χ2v) is 2.19. The van der Waals surface area contributed by atoms with Gasteiger partial charge in [-0.05, 0) is 0 Å². The maximum absolute atomic E-state index is 11.7. The summed E-state index contributed by atoms with van der Waals surface area (Å²) in [5.41, 5.74) is 0. The van der Waals surface area contributed by atoms with Crippen molar-refractivity contribution >= 4 is 5.97 Å². The summed E-state index contributed by atoms with van der Waals surface area (Å²) < 4.78 is 39.2. The molecule has 0 rings (SSSR count). The fourth-order valence-corrected chi connectivity index (χ4v) is 0.469. The predicted molar refractivity (Wildman–Crippen MR) is 39.9 cm³/mol. The van der Waals surface area contributed by atoms with Crippen molar-refractivity contribution in [3.05, 3.63) is 0 Å². The maximum atomic E-state index is 11.7. The van der Waals surface area contributed by atoms with Gasteiger partial charge in [0.2, 0.25) is 6.23 Å². The average molecular weight is 211 g/mol. The molecular formula is C7H8F3NO3. The summed E-state index contributed by atoms with van der Waals surface area (Å²) >= 11 is 0. The van der Waals surface area contributed by atoms with Crippen molar-refractivity contribution in [2.75, 3.05) is 13.2 Å². The third kappa shape index (κ3) is 5.40. The SMILES string of the molecule is C#CCOC(=O)CNC(O)C(F)(F)F. The van der Waals surface area contributed by atoms with Gasteiger partial charge in [-0.1, -0.05) is 5.92 Å². The molecule has 2 N–H and O–H groups in total.